The predicted octanol–water partition coefficient (Wildman–Crippen LogP) is 5.47. The van der Waals surface area contributed by atoms with Crippen molar-refractivity contribution in [3.8, 4) is 0 Å². The molecule has 29 heavy (non-hydrogen) atoms. The van der Waals surface area contributed by atoms with Crippen molar-refractivity contribution < 1.29 is 19.5 Å². The summed E-state index contributed by atoms with van der Waals surface area (Å²) in [6.07, 6.45) is 3.77. The largest absolute Gasteiger partial charge is 0.481 e. The number of alkyl halides is 1. The normalized spacial score (nSPS) is 11.1. The molecular formula is C19H26ClI3N2O4. The first-order chi connectivity index (χ1) is 13.6. The smallest absolute Gasteiger partial charge is 0.306 e. The van der Waals surface area contributed by atoms with Gasteiger partial charge in [0.1, 0.15) is 5.88 Å². The lowest BCUT2D eigenvalue weighted by Gasteiger charge is -2.10. The Kier molecular flexibility index (Phi) is 16.8. The van der Waals surface area contributed by atoms with Crippen LogP contribution in [0.4, 0.5) is 5.69 Å². The highest BCUT2D eigenvalue weighted by atomic mass is 127. The molecule has 10 heteroatoms. The maximum Gasteiger partial charge on any atom is 0.306 e. The van der Waals surface area contributed by atoms with Crippen LogP contribution in [0.1, 0.15) is 46.0 Å². The standard InChI is InChI=1S/C14H16ClI3N2O2.C5H10O2/c15-8-13(22)19-5-3-1-2-4-12(21)20-14-10(17)6-9(16)7-11(14)18;1-3-4(2)5(6)7/h6-7H,1-5,8H2,(H,19,22)(H,20,21);4H,3H2,1-2H3,(H,6,7). The van der Waals surface area contributed by atoms with Crippen LogP contribution < -0.4 is 10.6 Å². The average molecular weight is 763 g/mol. The molecule has 1 aromatic rings. The van der Waals surface area contributed by atoms with Gasteiger partial charge in [-0.15, -0.1) is 11.6 Å². The van der Waals surface area contributed by atoms with Crippen molar-refractivity contribution in [1.29, 1.82) is 0 Å². The maximum absolute atomic E-state index is 12.0. The minimum absolute atomic E-state index is 0.00428. The Balaban J connectivity index is 0.000000956. The van der Waals surface area contributed by atoms with E-state index in [1.807, 2.05) is 19.1 Å². The number of halogens is 4. The number of hydrogen-bond acceptors (Lipinski definition) is 3. The number of amides is 2. The number of hydrogen-bond donors (Lipinski definition) is 3. The van der Waals surface area contributed by atoms with Crippen molar-refractivity contribution in [3.05, 3.63) is 22.8 Å². The van der Waals surface area contributed by atoms with Crippen LogP contribution in [0.15, 0.2) is 12.1 Å². The molecule has 0 aliphatic heterocycles. The molecule has 6 nitrogen and oxygen atoms in total. The van der Waals surface area contributed by atoms with E-state index >= 15 is 0 Å². The number of nitrogens with one attached hydrogen (secondary N) is 2. The van der Waals surface area contributed by atoms with Crippen LogP contribution in [0.3, 0.4) is 0 Å². The molecule has 2 amide bonds. The van der Waals surface area contributed by atoms with Crippen LogP contribution in [-0.4, -0.2) is 35.3 Å². The van der Waals surface area contributed by atoms with E-state index < -0.39 is 5.97 Å². The molecular weight excluding hydrogens is 736 g/mol. The van der Waals surface area contributed by atoms with E-state index in [0.29, 0.717) is 13.0 Å². The summed E-state index contributed by atoms with van der Waals surface area (Å²) < 4.78 is 3.25. The molecule has 1 aromatic carbocycles. The van der Waals surface area contributed by atoms with Gasteiger partial charge in [0.05, 0.1) is 11.6 Å². The van der Waals surface area contributed by atoms with Gasteiger partial charge in [-0.1, -0.05) is 20.3 Å². The molecule has 0 radical (unpaired) electrons. The van der Waals surface area contributed by atoms with Gasteiger partial charge >= 0.3 is 5.97 Å². The molecule has 1 rings (SSSR count). The fraction of sp³-hybridized carbons (Fsp3) is 0.526. The lowest BCUT2D eigenvalue weighted by Crippen LogP contribution is -2.25. The fourth-order valence-electron chi connectivity index (χ4n) is 1.90. The molecule has 3 N–H and O–H groups in total. The van der Waals surface area contributed by atoms with Gasteiger partial charge in [-0.05, 0) is 99.2 Å². The van der Waals surface area contributed by atoms with Gasteiger partial charge in [0.15, 0.2) is 0 Å². The number of carbonyl (C=O) groups is 3. The highest BCUT2D eigenvalue weighted by Crippen LogP contribution is 2.27. The predicted molar refractivity (Wildman–Crippen MR) is 143 cm³/mol. The molecule has 0 aromatic heterocycles. The first kappa shape index (κ1) is 29.1. The molecule has 1 atom stereocenters. The molecule has 0 aliphatic carbocycles. The lowest BCUT2D eigenvalue weighted by atomic mass is 10.1. The van der Waals surface area contributed by atoms with Crippen LogP contribution in [0.5, 0.6) is 0 Å². The second-order valence-corrected chi connectivity index (χ2v) is 10.1. The number of rotatable bonds is 10. The highest BCUT2D eigenvalue weighted by molar-refractivity contribution is 14.1. The van der Waals surface area contributed by atoms with Gasteiger partial charge in [-0.2, -0.15) is 0 Å². The summed E-state index contributed by atoms with van der Waals surface area (Å²) in [6, 6.07) is 4.08. The molecule has 0 spiro atoms. The highest BCUT2D eigenvalue weighted by Gasteiger charge is 2.10. The van der Waals surface area contributed by atoms with Crippen molar-refractivity contribution in [3.63, 3.8) is 0 Å². The van der Waals surface area contributed by atoms with Gasteiger partial charge in [-0.25, -0.2) is 0 Å². The minimum atomic E-state index is -0.706. The number of aliphatic carboxylic acids is 1. The Hall–Kier alpha value is 0.110. The quantitative estimate of drug-likeness (QED) is 0.168. The monoisotopic (exact) mass is 762 g/mol. The van der Waals surface area contributed by atoms with E-state index in [1.165, 1.54) is 0 Å². The van der Waals surface area contributed by atoms with Gasteiger partial charge in [0, 0.05) is 23.7 Å². The minimum Gasteiger partial charge on any atom is -0.481 e. The Labute approximate surface area is 218 Å². The van der Waals surface area contributed by atoms with Crippen LogP contribution in [0, 0.1) is 16.6 Å². The Bertz CT molecular complexity index is 666. The number of carboxylic acids is 1. The number of anilines is 1. The van der Waals surface area contributed by atoms with Gasteiger partial charge in [-0.3, -0.25) is 14.4 Å². The number of unbranched alkanes of at least 4 members (excludes halogenated alkanes) is 2. The molecule has 1 unspecified atom stereocenters. The van der Waals surface area contributed by atoms with Crippen molar-refractivity contribution >= 4 is 103 Å². The summed E-state index contributed by atoms with van der Waals surface area (Å²) >= 11 is 12.1. The third-order valence-corrected chi connectivity index (χ3v) is 6.40. The maximum atomic E-state index is 12.0. The second kappa shape index (κ2) is 16.8. The molecule has 0 aliphatic rings. The number of benzene rings is 1. The summed E-state index contributed by atoms with van der Waals surface area (Å²) in [5.41, 5.74) is 0.890. The zero-order valence-electron chi connectivity index (χ0n) is 16.4. The molecule has 0 fully saturated rings. The number of carbonyl (C=O) groups excluding carboxylic acids is 2. The van der Waals surface area contributed by atoms with E-state index in [1.54, 1.807) is 6.92 Å². The van der Waals surface area contributed by atoms with Crippen molar-refractivity contribution in [2.45, 2.75) is 46.0 Å². The summed E-state index contributed by atoms with van der Waals surface area (Å²) in [6.45, 7) is 4.17. The van der Waals surface area contributed by atoms with E-state index in [0.717, 1.165) is 42.1 Å². The first-order valence-electron chi connectivity index (χ1n) is 9.12. The fourth-order valence-corrected chi connectivity index (χ4v) is 5.85. The van der Waals surface area contributed by atoms with E-state index in [9.17, 15) is 14.4 Å². The Morgan fingerprint density at radius 2 is 1.66 bits per heavy atom. The number of carboxylic acid groups (broad SMARTS) is 1. The third kappa shape index (κ3) is 13.9. The first-order valence-corrected chi connectivity index (χ1v) is 12.9. The summed E-state index contributed by atoms with van der Waals surface area (Å²) in [4.78, 5) is 32.8. The zero-order chi connectivity index (χ0) is 22.4. The lowest BCUT2D eigenvalue weighted by molar-refractivity contribution is -0.141. The SMILES string of the molecule is CCC(C)C(=O)O.O=C(CCl)NCCCCCC(=O)Nc1c(I)cc(I)cc1I. The summed E-state index contributed by atoms with van der Waals surface area (Å²) in [7, 11) is 0. The van der Waals surface area contributed by atoms with Gasteiger partial charge in [0.25, 0.3) is 0 Å². The van der Waals surface area contributed by atoms with Crippen molar-refractivity contribution in [2.75, 3.05) is 17.7 Å². The molecule has 0 heterocycles. The average Bonchev–Trinajstić information content (AvgIpc) is 2.66. The third-order valence-electron chi connectivity index (χ3n) is 3.83. The Morgan fingerprint density at radius 3 is 2.10 bits per heavy atom. The van der Waals surface area contributed by atoms with Crippen LogP contribution in [-0.2, 0) is 14.4 Å². The van der Waals surface area contributed by atoms with Crippen LogP contribution in [0.2, 0.25) is 0 Å². The second-order valence-electron chi connectivity index (χ2n) is 6.23. The van der Waals surface area contributed by atoms with Crippen molar-refractivity contribution in [2.24, 2.45) is 5.92 Å². The molecule has 0 bridgehead atoms. The van der Waals surface area contributed by atoms with Crippen molar-refractivity contribution in [1.82, 2.24) is 5.32 Å². The van der Waals surface area contributed by atoms with Gasteiger partial charge in [0.2, 0.25) is 11.8 Å². The molecule has 0 saturated carbocycles. The Morgan fingerprint density at radius 1 is 1.07 bits per heavy atom. The zero-order valence-corrected chi connectivity index (χ0v) is 23.6. The molecule has 0 saturated heterocycles. The topological polar surface area (TPSA) is 95.5 Å². The van der Waals surface area contributed by atoms with E-state index in [2.05, 4.69) is 78.4 Å². The van der Waals surface area contributed by atoms with E-state index in [4.69, 9.17) is 16.7 Å². The van der Waals surface area contributed by atoms with Crippen LogP contribution in [0.25, 0.3) is 0 Å². The molecule has 164 valence electrons. The van der Waals surface area contributed by atoms with Crippen LogP contribution >= 0.6 is 79.4 Å². The summed E-state index contributed by atoms with van der Waals surface area (Å²) in [5.74, 6) is -1.01. The summed E-state index contributed by atoms with van der Waals surface area (Å²) in [5, 5.41) is 13.9. The van der Waals surface area contributed by atoms with E-state index in [-0.39, 0.29) is 23.6 Å². The van der Waals surface area contributed by atoms with Gasteiger partial charge < -0.3 is 15.7 Å².